The van der Waals surface area contributed by atoms with E-state index in [4.69, 9.17) is 16.7 Å². The van der Waals surface area contributed by atoms with Crippen LogP contribution in [0.3, 0.4) is 0 Å². The molecule has 0 spiro atoms. The average Bonchev–Trinajstić information content (AvgIpc) is 2.97. The van der Waals surface area contributed by atoms with Crippen molar-refractivity contribution in [1.82, 2.24) is 20.2 Å². The summed E-state index contributed by atoms with van der Waals surface area (Å²) in [4.78, 5) is 12.2. The van der Waals surface area contributed by atoms with Gasteiger partial charge in [0.15, 0.2) is 0 Å². The summed E-state index contributed by atoms with van der Waals surface area (Å²) in [5.74, 6) is -0.600. The second-order valence-corrected chi connectivity index (χ2v) is 4.65. The van der Waals surface area contributed by atoms with Gasteiger partial charge in [0.25, 0.3) is 0 Å². The molecule has 3 rings (SSSR count). The molecule has 1 heterocycles. The van der Waals surface area contributed by atoms with Crippen molar-refractivity contribution in [3.8, 4) is 17.1 Å². The number of carboxylic acid groups (broad SMARTS) is 1. The zero-order valence-electron chi connectivity index (χ0n) is 10.6. The van der Waals surface area contributed by atoms with Crippen LogP contribution in [0.2, 0.25) is 5.02 Å². The lowest BCUT2D eigenvalue weighted by atomic mass is 10.2. The van der Waals surface area contributed by atoms with Crippen LogP contribution in [-0.2, 0) is 0 Å². The number of aromatic carboxylic acids is 1. The van der Waals surface area contributed by atoms with Crippen LogP contribution >= 0.6 is 11.6 Å². The molecule has 3 aromatic rings. The molecule has 7 heteroatoms. The summed E-state index contributed by atoms with van der Waals surface area (Å²) in [6.45, 7) is 0. The molecule has 0 unspecified atom stereocenters. The largest absolute Gasteiger partial charge is 0.478 e. The van der Waals surface area contributed by atoms with E-state index in [0.29, 0.717) is 11.5 Å². The molecule has 6 nitrogen and oxygen atoms in total. The van der Waals surface area contributed by atoms with E-state index in [-0.39, 0.29) is 10.6 Å². The lowest BCUT2D eigenvalue weighted by molar-refractivity contribution is 0.0697. The molecule has 104 valence electrons. The quantitative estimate of drug-likeness (QED) is 0.804. The predicted molar refractivity (Wildman–Crippen MR) is 76.6 cm³/mol. The number of rotatable bonds is 3. The second-order valence-electron chi connectivity index (χ2n) is 4.24. The van der Waals surface area contributed by atoms with Gasteiger partial charge in [0, 0.05) is 5.56 Å². The number of tetrazole rings is 1. The fraction of sp³-hybridized carbons (Fsp3) is 0. The first-order chi connectivity index (χ1) is 10.1. The number of hydrogen-bond acceptors (Lipinski definition) is 4. The number of carboxylic acids is 1. The third kappa shape index (κ3) is 2.61. The van der Waals surface area contributed by atoms with Gasteiger partial charge in [0.05, 0.1) is 16.3 Å². The Hall–Kier alpha value is -2.73. The van der Waals surface area contributed by atoms with Crippen LogP contribution in [0.15, 0.2) is 48.5 Å². The van der Waals surface area contributed by atoms with E-state index in [1.54, 1.807) is 6.07 Å². The number of carbonyl (C=O) groups is 1. The highest BCUT2D eigenvalue weighted by Gasteiger charge is 2.12. The topological polar surface area (TPSA) is 80.9 Å². The van der Waals surface area contributed by atoms with Gasteiger partial charge in [-0.2, -0.15) is 0 Å². The summed E-state index contributed by atoms with van der Waals surface area (Å²) >= 11 is 5.93. The summed E-state index contributed by atoms with van der Waals surface area (Å²) in [7, 11) is 0. The molecule has 1 N–H and O–H groups in total. The standard InChI is InChI=1S/C14H9ClN4O2/c15-12-8-10(6-7-11(12)14(20)21)19-17-13(16-18-19)9-4-2-1-3-5-9/h1-8H,(H,20,21). The fourth-order valence-electron chi connectivity index (χ4n) is 1.83. The van der Waals surface area contributed by atoms with Crippen LogP contribution in [0.1, 0.15) is 10.4 Å². The van der Waals surface area contributed by atoms with Gasteiger partial charge >= 0.3 is 5.97 Å². The lowest BCUT2D eigenvalue weighted by Gasteiger charge is -2.02. The number of aromatic nitrogens is 4. The Balaban J connectivity index is 1.97. The molecule has 0 aliphatic carbocycles. The highest BCUT2D eigenvalue weighted by atomic mass is 35.5. The SMILES string of the molecule is O=C(O)c1ccc(-n2nnc(-c3ccccc3)n2)cc1Cl. The minimum absolute atomic E-state index is 0.0313. The van der Waals surface area contributed by atoms with Crippen LogP contribution in [0, 0.1) is 0 Å². The van der Waals surface area contributed by atoms with Crippen molar-refractivity contribution >= 4 is 17.6 Å². The van der Waals surface area contributed by atoms with Gasteiger partial charge in [0.2, 0.25) is 5.82 Å². The zero-order chi connectivity index (χ0) is 14.8. The Kier molecular flexibility index (Phi) is 3.37. The fourth-order valence-corrected chi connectivity index (χ4v) is 2.08. The van der Waals surface area contributed by atoms with Crippen molar-refractivity contribution in [2.24, 2.45) is 0 Å². The maximum Gasteiger partial charge on any atom is 0.337 e. The summed E-state index contributed by atoms with van der Waals surface area (Å²) in [5, 5.41) is 21.2. The van der Waals surface area contributed by atoms with Crippen LogP contribution < -0.4 is 0 Å². The number of hydrogen-bond donors (Lipinski definition) is 1. The van der Waals surface area contributed by atoms with Crippen LogP contribution in [0.25, 0.3) is 17.1 Å². The van der Waals surface area contributed by atoms with Crippen molar-refractivity contribution in [2.45, 2.75) is 0 Å². The second kappa shape index (κ2) is 5.34. The Bertz CT molecular complexity index is 802. The number of benzene rings is 2. The zero-order valence-corrected chi connectivity index (χ0v) is 11.4. The van der Waals surface area contributed by atoms with Gasteiger partial charge in [-0.3, -0.25) is 0 Å². The lowest BCUT2D eigenvalue weighted by Crippen LogP contribution is -2.02. The van der Waals surface area contributed by atoms with E-state index in [9.17, 15) is 4.79 Å². The van der Waals surface area contributed by atoms with E-state index in [0.717, 1.165) is 5.56 Å². The van der Waals surface area contributed by atoms with Crippen molar-refractivity contribution in [3.05, 3.63) is 59.1 Å². The van der Waals surface area contributed by atoms with Gasteiger partial charge in [-0.25, -0.2) is 4.79 Å². The molecule has 0 saturated heterocycles. The molecular weight excluding hydrogens is 292 g/mol. The monoisotopic (exact) mass is 300 g/mol. The van der Waals surface area contributed by atoms with Crippen molar-refractivity contribution < 1.29 is 9.90 Å². The molecule has 0 aliphatic rings. The summed E-state index contributed by atoms with van der Waals surface area (Å²) in [6, 6.07) is 13.9. The van der Waals surface area contributed by atoms with Gasteiger partial charge < -0.3 is 5.11 Å². The Morgan fingerprint density at radius 1 is 1.14 bits per heavy atom. The van der Waals surface area contributed by atoms with Gasteiger partial charge in [-0.15, -0.1) is 15.0 Å². The highest BCUT2D eigenvalue weighted by Crippen LogP contribution is 2.20. The molecule has 0 fully saturated rings. The Morgan fingerprint density at radius 3 is 2.57 bits per heavy atom. The van der Waals surface area contributed by atoms with Gasteiger partial charge in [0.1, 0.15) is 0 Å². The Morgan fingerprint density at radius 2 is 1.90 bits per heavy atom. The first-order valence-corrected chi connectivity index (χ1v) is 6.41. The molecule has 0 saturated carbocycles. The summed E-state index contributed by atoms with van der Waals surface area (Å²) in [6.07, 6.45) is 0. The summed E-state index contributed by atoms with van der Waals surface area (Å²) < 4.78 is 0. The van der Waals surface area contributed by atoms with Crippen molar-refractivity contribution in [1.29, 1.82) is 0 Å². The van der Waals surface area contributed by atoms with Gasteiger partial charge in [-0.1, -0.05) is 41.9 Å². The first kappa shape index (κ1) is 13.3. The van der Waals surface area contributed by atoms with Crippen LogP contribution in [0.4, 0.5) is 0 Å². The molecule has 0 bridgehead atoms. The third-order valence-corrected chi connectivity index (χ3v) is 3.17. The molecule has 2 aromatic carbocycles. The molecule has 0 amide bonds. The van der Waals surface area contributed by atoms with E-state index in [1.807, 2.05) is 30.3 Å². The molecular formula is C14H9ClN4O2. The average molecular weight is 301 g/mol. The Labute approximate surface area is 124 Å². The number of nitrogens with zero attached hydrogens (tertiary/aromatic N) is 4. The maximum absolute atomic E-state index is 10.9. The molecule has 0 atom stereocenters. The van der Waals surface area contributed by atoms with E-state index < -0.39 is 5.97 Å². The van der Waals surface area contributed by atoms with Gasteiger partial charge in [-0.05, 0) is 23.4 Å². The predicted octanol–water partition coefficient (Wildman–Crippen LogP) is 2.68. The third-order valence-electron chi connectivity index (χ3n) is 2.86. The smallest absolute Gasteiger partial charge is 0.337 e. The normalized spacial score (nSPS) is 10.5. The van der Waals surface area contributed by atoms with Crippen LogP contribution in [-0.4, -0.2) is 31.3 Å². The minimum Gasteiger partial charge on any atom is -0.478 e. The van der Waals surface area contributed by atoms with E-state index in [2.05, 4.69) is 15.4 Å². The molecule has 0 aliphatic heterocycles. The number of halogens is 1. The molecule has 1 aromatic heterocycles. The maximum atomic E-state index is 10.9. The summed E-state index contributed by atoms with van der Waals surface area (Å²) in [5.41, 5.74) is 1.42. The van der Waals surface area contributed by atoms with E-state index >= 15 is 0 Å². The molecule has 21 heavy (non-hydrogen) atoms. The van der Waals surface area contributed by atoms with Crippen LogP contribution in [0.5, 0.6) is 0 Å². The van der Waals surface area contributed by atoms with Crippen molar-refractivity contribution in [2.75, 3.05) is 0 Å². The first-order valence-electron chi connectivity index (χ1n) is 6.04. The van der Waals surface area contributed by atoms with Crippen molar-refractivity contribution in [3.63, 3.8) is 0 Å². The minimum atomic E-state index is -1.08. The highest BCUT2D eigenvalue weighted by molar-refractivity contribution is 6.33. The molecule has 0 radical (unpaired) electrons. The van der Waals surface area contributed by atoms with E-state index in [1.165, 1.54) is 16.9 Å².